The molecule has 1 aromatic heterocycles. The monoisotopic (exact) mass is 435 g/mol. The number of esters is 1. The van der Waals surface area contributed by atoms with E-state index in [1.807, 2.05) is 12.1 Å². The fourth-order valence-corrected chi connectivity index (χ4v) is 4.88. The third-order valence-electron chi connectivity index (χ3n) is 4.14. The van der Waals surface area contributed by atoms with E-state index in [-0.39, 0.29) is 28.4 Å². The van der Waals surface area contributed by atoms with Gasteiger partial charge in [-0.05, 0) is 29.8 Å². The van der Waals surface area contributed by atoms with Crippen molar-refractivity contribution in [1.29, 1.82) is 0 Å². The van der Waals surface area contributed by atoms with Gasteiger partial charge in [0.05, 0.1) is 18.3 Å². The van der Waals surface area contributed by atoms with Crippen molar-refractivity contribution in [3.63, 3.8) is 0 Å². The molecule has 1 amide bonds. The maximum atomic E-state index is 12.7. The van der Waals surface area contributed by atoms with Gasteiger partial charge in [0.2, 0.25) is 5.91 Å². The molecule has 0 unspecified atom stereocenters. The highest BCUT2D eigenvalue weighted by Crippen LogP contribution is 2.52. The number of fused-ring (bicyclic) bond motifs is 1. The van der Waals surface area contributed by atoms with Gasteiger partial charge in [0.1, 0.15) is 34.0 Å². The van der Waals surface area contributed by atoms with Crippen LogP contribution in [0, 0.1) is 0 Å². The SMILES string of the molecule is COc1ccc(COC(=O)C2=C(c3ccco3)S[C@@H]3[C@@H](Br)C(=O)N23)cc1. The minimum atomic E-state index is -0.546. The summed E-state index contributed by atoms with van der Waals surface area (Å²) in [6.07, 6.45) is 1.53. The number of alkyl halides is 1. The zero-order valence-electron chi connectivity index (χ0n) is 13.7. The highest BCUT2D eigenvalue weighted by Gasteiger charge is 2.56. The van der Waals surface area contributed by atoms with E-state index in [1.165, 1.54) is 22.9 Å². The predicted molar refractivity (Wildman–Crippen MR) is 99.4 cm³/mol. The molecule has 0 aliphatic carbocycles. The van der Waals surface area contributed by atoms with Gasteiger partial charge in [-0.1, -0.05) is 39.8 Å². The summed E-state index contributed by atoms with van der Waals surface area (Å²) < 4.78 is 16.0. The van der Waals surface area contributed by atoms with Gasteiger partial charge in [0, 0.05) is 0 Å². The Labute approximate surface area is 162 Å². The second-order valence-electron chi connectivity index (χ2n) is 5.70. The molecular formula is C18H14BrNO5S. The number of nitrogens with zero attached hydrogens (tertiary/aromatic N) is 1. The number of benzene rings is 1. The number of thioether (sulfide) groups is 1. The molecule has 0 saturated carbocycles. The smallest absolute Gasteiger partial charge is 0.356 e. The third kappa shape index (κ3) is 2.83. The summed E-state index contributed by atoms with van der Waals surface area (Å²) in [6, 6.07) is 10.7. The Kier molecular flexibility index (Phi) is 4.54. The molecule has 2 aliphatic heterocycles. The number of β-lactam (4-membered cyclic amide) rings is 1. The average molecular weight is 436 g/mol. The summed E-state index contributed by atoms with van der Waals surface area (Å²) in [7, 11) is 1.59. The van der Waals surface area contributed by atoms with Gasteiger partial charge in [0.25, 0.3) is 0 Å². The molecule has 0 spiro atoms. The molecule has 0 N–H and O–H groups in total. The molecule has 3 heterocycles. The molecule has 8 heteroatoms. The van der Waals surface area contributed by atoms with E-state index in [2.05, 4.69) is 15.9 Å². The van der Waals surface area contributed by atoms with E-state index in [0.717, 1.165) is 11.3 Å². The lowest BCUT2D eigenvalue weighted by molar-refractivity contribution is -0.148. The van der Waals surface area contributed by atoms with Crippen molar-refractivity contribution in [3.8, 4) is 5.75 Å². The molecular weight excluding hydrogens is 422 g/mol. The lowest BCUT2D eigenvalue weighted by Crippen LogP contribution is -2.58. The van der Waals surface area contributed by atoms with Crippen molar-refractivity contribution in [2.45, 2.75) is 16.8 Å². The average Bonchev–Trinajstić information content (AvgIpc) is 3.32. The third-order valence-corrected chi connectivity index (χ3v) is 6.74. The Morgan fingerprint density at radius 3 is 2.73 bits per heavy atom. The van der Waals surface area contributed by atoms with E-state index >= 15 is 0 Å². The maximum absolute atomic E-state index is 12.7. The van der Waals surface area contributed by atoms with Crippen molar-refractivity contribution in [2.75, 3.05) is 7.11 Å². The highest BCUT2D eigenvalue weighted by atomic mass is 79.9. The van der Waals surface area contributed by atoms with Crippen LogP contribution in [0.15, 0.2) is 52.8 Å². The van der Waals surface area contributed by atoms with Crippen LogP contribution < -0.4 is 4.74 Å². The number of hydrogen-bond donors (Lipinski definition) is 0. The van der Waals surface area contributed by atoms with Crippen molar-refractivity contribution >= 4 is 44.5 Å². The Bertz CT molecular complexity index is 877. The summed E-state index contributed by atoms with van der Waals surface area (Å²) in [4.78, 5) is 26.7. The first kappa shape index (κ1) is 17.2. The fourth-order valence-electron chi connectivity index (χ4n) is 2.78. The van der Waals surface area contributed by atoms with Crippen LogP contribution in [-0.2, 0) is 20.9 Å². The first-order valence-corrected chi connectivity index (χ1v) is 9.61. The first-order chi connectivity index (χ1) is 12.6. The number of halogens is 1. The number of amides is 1. The summed E-state index contributed by atoms with van der Waals surface area (Å²) in [5.74, 6) is 0.580. The lowest BCUT2D eigenvalue weighted by atomic mass is 10.1. The Balaban J connectivity index is 1.55. The van der Waals surface area contributed by atoms with Crippen LogP contribution in [0.4, 0.5) is 0 Å². The highest BCUT2D eigenvalue weighted by molar-refractivity contribution is 9.10. The quantitative estimate of drug-likeness (QED) is 0.407. The van der Waals surface area contributed by atoms with Gasteiger partial charge in [-0.3, -0.25) is 9.69 Å². The number of methoxy groups -OCH3 is 1. The summed E-state index contributed by atoms with van der Waals surface area (Å²) >= 11 is 4.78. The minimum Gasteiger partial charge on any atom is -0.497 e. The molecule has 134 valence electrons. The maximum Gasteiger partial charge on any atom is 0.356 e. The zero-order valence-corrected chi connectivity index (χ0v) is 16.1. The summed E-state index contributed by atoms with van der Waals surface area (Å²) in [6.45, 7) is 0.104. The Morgan fingerprint density at radius 1 is 1.31 bits per heavy atom. The van der Waals surface area contributed by atoms with E-state index < -0.39 is 5.97 Å². The van der Waals surface area contributed by atoms with Gasteiger partial charge in [-0.15, -0.1) is 0 Å². The zero-order chi connectivity index (χ0) is 18.3. The number of carbonyl (C=O) groups excluding carboxylic acids is 2. The molecule has 2 aliphatic rings. The van der Waals surface area contributed by atoms with Gasteiger partial charge in [-0.25, -0.2) is 4.79 Å². The van der Waals surface area contributed by atoms with Crippen molar-refractivity contribution in [2.24, 2.45) is 0 Å². The molecule has 4 rings (SSSR count). The lowest BCUT2D eigenvalue weighted by Gasteiger charge is -2.39. The largest absolute Gasteiger partial charge is 0.497 e. The van der Waals surface area contributed by atoms with Gasteiger partial charge >= 0.3 is 5.97 Å². The standard InChI is InChI=1S/C18H14BrNO5S/c1-23-11-6-4-10(5-7-11)9-25-18(22)14-15(12-3-2-8-24-12)26-17-13(19)16(21)20(14)17/h2-8,13,17H,9H2,1H3/t13-,17+/m0/s1. The second-order valence-corrected chi connectivity index (χ2v) is 7.81. The first-order valence-electron chi connectivity index (χ1n) is 7.82. The van der Waals surface area contributed by atoms with Gasteiger partial charge in [0.15, 0.2) is 0 Å². The van der Waals surface area contributed by atoms with Crippen LogP contribution in [0.25, 0.3) is 4.91 Å². The molecule has 2 aromatic rings. The van der Waals surface area contributed by atoms with Crippen LogP contribution in [0.3, 0.4) is 0 Å². The van der Waals surface area contributed by atoms with Crippen LogP contribution in [0.5, 0.6) is 5.75 Å². The normalized spacial score (nSPS) is 21.5. The number of carbonyl (C=O) groups is 2. The molecule has 1 fully saturated rings. The van der Waals surface area contributed by atoms with E-state index in [1.54, 1.807) is 31.4 Å². The van der Waals surface area contributed by atoms with E-state index in [9.17, 15) is 9.59 Å². The molecule has 26 heavy (non-hydrogen) atoms. The number of ether oxygens (including phenoxy) is 2. The van der Waals surface area contributed by atoms with Crippen LogP contribution in [-0.4, -0.2) is 34.1 Å². The molecule has 2 atom stereocenters. The van der Waals surface area contributed by atoms with E-state index in [0.29, 0.717) is 10.7 Å². The number of rotatable bonds is 5. The Morgan fingerprint density at radius 2 is 2.08 bits per heavy atom. The minimum absolute atomic E-state index is 0.104. The molecule has 0 bridgehead atoms. The molecule has 1 saturated heterocycles. The number of hydrogen-bond acceptors (Lipinski definition) is 6. The van der Waals surface area contributed by atoms with E-state index in [4.69, 9.17) is 13.9 Å². The van der Waals surface area contributed by atoms with Gasteiger partial charge in [-0.2, -0.15) is 0 Å². The van der Waals surface area contributed by atoms with Crippen molar-refractivity contribution < 1.29 is 23.5 Å². The topological polar surface area (TPSA) is 69.0 Å². The fraction of sp³-hybridized carbons (Fsp3) is 0.222. The Hall–Kier alpha value is -2.19. The molecule has 0 radical (unpaired) electrons. The van der Waals surface area contributed by atoms with Gasteiger partial charge < -0.3 is 13.9 Å². The van der Waals surface area contributed by atoms with Crippen LogP contribution >= 0.6 is 27.7 Å². The van der Waals surface area contributed by atoms with Crippen molar-refractivity contribution in [3.05, 3.63) is 59.7 Å². The predicted octanol–water partition coefficient (Wildman–Crippen LogP) is 3.38. The summed E-state index contributed by atoms with van der Waals surface area (Å²) in [5, 5.41) is -0.161. The molecule has 1 aromatic carbocycles. The summed E-state index contributed by atoms with van der Waals surface area (Å²) in [5.41, 5.74) is 1.07. The van der Waals surface area contributed by atoms with Crippen LogP contribution in [0.1, 0.15) is 11.3 Å². The van der Waals surface area contributed by atoms with Crippen molar-refractivity contribution in [1.82, 2.24) is 4.90 Å². The van der Waals surface area contributed by atoms with Crippen LogP contribution in [0.2, 0.25) is 0 Å². The second kappa shape index (κ2) is 6.85. The number of furan rings is 1. The molecule has 6 nitrogen and oxygen atoms in total.